The minimum absolute atomic E-state index is 0.0168. The summed E-state index contributed by atoms with van der Waals surface area (Å²) in [5.41, 5.74) is 0.604. The van der Waals surface area contributed by atoms with Crippen LogP contribution in [0.15, 0.2) is 29.2 Å². The van der Waals surface area contributed by atoms with E-state index in [0.717, 1.165) is 25.8 Å². The Kier molecular flexibility index (Phi) is 4.52. The van der Waals surface area contributed by atoms with Crippen molar-refractivity contribution in [3.05, 3.63) is 29.8 Å². The molecule has 2 saturated heterocycles. The molecule has 8 heteroatoms. The Hall–Kier alpha value is -0.960. The Morgan fingerprint density at radius 1 is 1.04 bits per heavy atom. The van der Waals surface area contributed by atoms with Gasteiger partial charge < -0.3 is 5.32 Å². The van der Waals surface area contributed by atoms with Crippen molar-refractivity contribution in [2.24, 2.45) is 0 Å². The zero-order chi connectivity index (χ0) is 16.7. The molecule has 0 aliphatic carbocycles. The third-order valence-electron chi connectivity index (χ3n) is 4.51. The Morgan fingerprint density at radius 3 is 2.35 bits per heavy atom. The lowest BCUT2D eigenvalue weighted by Gasteiger charge is -2.26. The number of nitrogens with zero attached hydrogens (tertiary/aromatic N) is 1. The number of benzene rings is 1. The highest BCUT2D eigenvalue weighted by molar-refractivity contribution is 7.90. The summed E-state index contributed by atoms with van der Waals surface area (Å²) in [5.74, 6) is -0.0772. The molecule has 2 atom stereocenters. The van der Waals surface area contributed by atoms with Gasteiger partial charge in [0.1, 0.15) is 0 Å². The molecule has 6 nitrogen and oxygen atoms in total. The molecule has 1 aromatic rings. The van der Waals surface area contributed by atoms with E-state index in [1.165, 1.54) is 18.4 Å². The second-order valence-corrected chi connectivity index (χ2v) is 10.4. The normalized spacial score (nSPS) is 26.1. The first-order chi connectivity index (χ1) is 10.8. The van der Waals surface area contributed by atoms with E-state index in [9.17, 15) is 16.8 Å². The van der Waals surface area contributed by atoms with Crippen LogP contribution in [-0.2, 0) is 25.6 Å². The summed E-state index contributed by atoms with van der Waals surface area (Å²) >= 11 is 0. The fourth-order valence-corrected chi connectivity index (χ4v) is 6.21. The summed E-state index contributed by atoms with van der Waals surface area (Å²) in [7, 11) is -6.66. The monoisotopic (exact) mass is 358 g/mol. The summed E-state index contributed by atoms with van der Waals surface area (Å²) in [5, 5.41) is 3.29. The fraction of sp³-hybridized carbons (Fsp3) is 0.600. The Balaban J connectivity index is 1.88. The van der Waals surface area contributed by atoms with Crippen LogP contribution in [0.5, 0.6) is 0 Å². The largest absolute Gasteiger partial charge is 0.315 e. The minimum atomic E-state index is -3.54. The molecule has 2 heterocycles. The topological polar surface area (TPSA) is 83.5 Å². The van der Waals surface area contributed by atoms with E-state index >= 15 is 0 Å². The van der Waals surface area contributed by atoms with Crippen LogP contribution in [0.25, 0.3) is 0 Å². The standard InChI is InChI=1S/C15H22N2O4S2/c1-22(18,19)11-12-2-6-15(7-3-12)23(20,21)17-13-4-5-14(17)10-16-9-8-13/h2-3,6-7,13-14,16H,4-5,8-11H2,1H3. The zero-order valence-corrected chi connectivity index (χ0v) is 14.7. The number of fused-ring (bicyclic) bond motifs is 2. The van der Waals surface area contributed by atoms with Gasteiger partial charge in [-0.3, -0.25) is 0 Å². The zero-order valence-electron chi connectivity index (χ0n) is 13.1. The van der Waals surface area contributed by atoms with Gasteiger partial charge in [0, 0.05) is 24.9 Å². The van der Waals surface area contributed by atoms with Crippen LogP contribution in [0.1, 0.15) is 24.8 Å². The van der Waals surface area contributed by atoms with Crippen molar-refractivity contribution in [1.29, 1.82) is 0 Å². The maximum atomic E-state index is 13.0. The van der Waals surface area contributed by atoms with Gasteiger partial charge in [-0.1, -0.05) is 12.1 Å². The molecule has 0 spiro atoms. The predicted molar refractivity (Wildman–Crippen MR) is 88.3 cm³/mol. The molecule has 0 saturated carbocycles. The third kappa shape index (κ3) is 3.60. The van der Waals surface area contributed by atoms with Crippen molar-refractivity contribution < 1.29 is 16.8 Å². The molecular formula is C15H22N2O4S2. The van der Waals surface area contributed by atoms with Crippen LogP contribution >= 0.6 is 0 Å². The highest BCUT2D eigenvalue weighted by Gasteiger charge is 2.42. The molecule has 2 fully saturated rings. The molecule has 1 aromatic carbocycles. The molecule has 2 unspecified atom stereocenters. The average molecular weight is 358 g/mol. The lowest BCUT2D eigenvalue weighted by molar-refractivity contribution is 0.334. The maximum absolute atomic E-state index is 13.0. The van der Waals surface area contributed by atoms with Gasteiger partial charge in [0.25, 0.3) is 0 Å². The van der Waals surface area contributed by atoms with Gasteiger partial charge >= 0.3 is 0 Å². The van der Waals surface area contributed by atoms with E-state index in [-0.39, 0.29) is 22.7 Å². The number of hydrogen-bond donors (Lipinski definition) is 1. The lowest BCUT2D eigenvalue weighted by Crippen LogP contribution is -2.42. The molecule has 23 heavy (non-hydrogen) atoms. The second kappa shape index (κ2) is 6.16. The number of nitrogens with one attached hydrogen (secondary N) is 1. The van der Waals surface area contributed by atoms with Crippen molar-refractivity contribution in [1.82, 2.24) is 9.62 Å². The van der Waals surface area contributed by atoms with E-state index in [1.807, 2.05) is 0 Å². The number of rotatable bonds is 4. The van der Waals surface area contributed by atoms with Crippen LogP contribution in [0, 0.1) is 0 Å². The van der Waals surface area contributed by atoms with Crippen molar-refractivity contribution >= 4 is 19.9 Å². The first kappa shape index (κ1) is 16.9. The van der Waals surface area contributed by atoms with Crippen molar-refractivity contribution in [2.75, 3.05) is 19.3 Å². The van der Waals surface area contributed by atoms with Crippen LogP contribution in [0.3, 0.4) is 0 Å². The summed E-state index contributed by atoms with van der Waals surface area (Å²) < 4.78 is 50.3. The van der Waals surface area contributed by atoms with E-state index in [0.29, 0.717) is 12.1 Å². The van der Waals surface area contributed by atoms with Gasteiger partial charge in [-0.25, -0.2) is 16.8 Å². The molecule has 2 aliphatic heterocycles. The summed E-state index contributed by atoms with van der Waals surface area (Å²) in [6, 6.07) is 6.30. The molecule has 2 bridgehead atoms. The molecule has 0 amide bonds. The molecule has 2 aliphatic rings. The van der Waals surface area contributed by atoms with Gasteiger partial charge in [0.05, 0.1) is 10.6 Å². The van der Waals surface area contributed by atoms with Crippen LogP contribution in [0.4, 0.5) is 0 Å². The number of sulfone groups is 1. The highest BCUT2D eigenvalue weighted by atomic mass is 32.2. The van der Waals surface area contributed by atoms with Crippen molar-refractivity contribution in [2.45, 2.75) is 42.0 Å². The predicted octanol–water partition coefficient (Wildman–Crippen LogP) is 0.746. The SMILES string of the molecule is CS(=O)(=O)Cc1ccc(S(=O)(=O)N2C3CCNCC2CC3)cc1. The minimum Gasteiger partial charge on any atom is -0.315 e. The lowest BCUT2D eigenvalue weighted by atomic mass is 10.1. The van der Waals surface area contributed by atoms with Gasteiger partial charge in [-0.2, -0.15) is 4.31 Å². The Labute approximate surface area is 137 Å². The number of sulfonamides is 1. The van der Waals surface area contributed by atoms with Gasteiger partial charge in [-0.05, 0) is 43.5 Å². The van der Waals surface area contributed by atoms with Crippen LogP contribution < -0.4 is 5.32 Å². The van der Waals surface area contributed by atoms with Crippen LogP contribution in [-0.4, -0.2) is 52.6 Å². The Morgan fingerprint density at radius 2 is 1.70 bits per heavy atom. The van der Waals surface area contributed by atoms with E-state index < -0.39 is 19.9 Å². The Bertz CT molecular complexity index is 758. The molecule has 1 N–H and O–H groups in total. The fourth-order valence-electron chi connectivity index (χ4n) is 3.51. The van der Waals surface area contributed by atoms with Crippen molar-refractivity contribution in [3.8, 4) is 0 Å². The molecule has 0 radical (unpaired) electrons. The smallest absolute Gasteiger partial charge is 0.243 e. The van der Waals surface area contributed by atoms with Gasteiger partial charge in [-0.15, -0.1) is 0 Å². The first-order valence-corrected chi connectivity index (χ1v) is 11.3. The van der Waals surface area contributed by atoms with E-state index in [1.54, 1.807) is 16.4 Å². The quantitative estimate of drug-likeness (QED) is 0.859. The van der Waals surface area contributed by atoms with E-state index in [4.69, 9.17) is 0 Å². The molecule has 3 rings (SSSR count). The van der Waals surface area contributed by atoms with Gasteiger partial charge in [0.15, 0.2) is 9.84 Å². The molecule has 128 valence electrons. The maximum Gasteiger partial charge on any atom is 0.243 e. The summed E-state index contributed by atoms with van der Waals surface area (Å²) in [6.45, 7) is 1.54. The summed E-state index contributed by atoms with van der Waals surface area (Å²) in [4.78, 5) is 0.244. The van der Waals surface area contributed by atoms with Crippen molar-refractivity contribution in [3.63, 3.8) is 0 Å². The van der Waals surface area contributed by atoms with Gasteiger partial charge in [0.2, 0.25) is 10.0 Å². The number of hydrogen-bond acceptors (Lipinski definition) is 5. The molecular weight excluding hydrogens is 336 g/mol. The summed E-state index contributed by atoms with van der Waals surface area (Å²) in [6.07, 6.45) is 3.81. The van der Waals surface area contributed by atoms with Crippen LogP contribution in [0.2, 0.25) is 0 Å². The second-order valence-electron chi connectivity index (χ2n) is 6.43. The third-order valence-corrected chi connectivity index (χ3v) is 7.39. The average Bonchev–Trinajstić information content (AvgIpc) is 2.71. The first-order valence-electron chi connectivity index (χ1n) is 7.78. The highest BCUT2D eigenvalue weighted by Crippen LogP contribution is 2.33. The molecule has 0 aromatic heterocycles. The van der Waals surface area contributed by atoms with E-state index in [2.05, 4.69) is 5.32 Å².